The first-order chi connectivity index (χ1) is 0. The Balaban J connectivity index is 0. The Morgan fingerprint density at radius 2 is 0.600 bits per heavy atom. The van der Waals surface area contributed by atoms with Crippen molar-refractivity contribution in [3.63, 3.8) is 0 Å². The SMILES string of the molecule is O.O.[Li+].[Li+].[S-2]. The third-order valence-electron chi connectivity index (χ3n) is 0. The number of rotatable bonds is 0. The molecule has 5 heavy (non-hydrogen) atoms. The van der Waals surface area contributed by atoms with E-state index in [9.17, 15) is 0 Å². The smallest absolute Gasteiger partial charge is 1.00 e. The second-order valence-corrected chi connectivity index (χ2v) is 0. The van der Waals surface area contributed by atoms with Crippen LogP contribution in [0.4, 0.5) is 0 Å². The minimum absolute atomic E-state index is 0. The molecule has 0 aliphatic carbocycles. The Hall–Kier alpha value is 1.46. The third-order valence-corrected chi connectivity index (χ3v) is 0. The molecule has 0 rings (SSSR count). The van der Waals surface area contributed by atoms with Crippen molar-refractivity contribution in [1.82, 2.24) is 0 Å². The second-order valence-electron chi connectivity index (χ2n) is 0. The van der Waals surface area contributed by atoms with Crippen molar-refractivity contribution < 1.29 is 48.7 Å². The van der Waals surface area contributed by atoms with Crippen molar-refractivity contribution in [3.8, 4) is 0 Å². The van der Waals surface area contributed by atoms with Crippen LogP contribution in [0.5, 0.6) is 0 Å². The molecule has 0 bridgehead atoms. The van der Waals surface area contributed by atoms with Crippen LogP contribution >= 0.6 is 0 Å². The third kappa shape index (κ3) is 30.6. The van der Waals surface area contributed by atoms with Crippen LogP contribution in [0.25, 0.3) is 0 Å². The summed E-state index contributed by atoms with van der Waals surface area (Å²) in [6.45, 7) is 0. The van der Waals surface area contributed by atoms with Gasteiger partial charge in [-0.1, -0.05) is 0 Å². The van der Waals surface area contributed by atoms with E-state index in [0.717, 1.165) is 0 Å². The molecule has 0 spiro atoms. The molecule has 0 aliphatic heterocycles. The van der Waals surface area contributed by atoms with E-state index in [0.29, 0.717) is 0 Å². The molecular weight excluding hydrogens is 77.9 g/mol. The molecule has 5 heteroatoms. The fraction of sp³-hybridized carbons (Fsp3) is 0. The molecule has 0 saturated carbocycles. The molecule has 0 atom stereocenters. The predicted molar refractivity (Wildman–Crippen MR) is 14.6 cm³/mol. The maximum absolute atomic E-state index is 0. The van der Waals surface area contributed by atoms with Gasteiger partial charge in [-0.15, -0.1) is 0 Å². The Kier molecular flexibility index (Phi) is 914. The first-order valence-electron chi connectivity index (χ1n) is 0. The summed E-state index contributed by atoms with van der Waals surface area (Å²) in [5.74, 6) is 0. The zero-order valence-electron chi connectivity index (χ0n) is 3.41. The average Bonchev–Trinajstić information content (AvgIpc) is 0. The van der Waals surface area contributed by atoms with E-state index in [4.69, 9.17) is 0 Å². The summed E-state index contributed by atoms with van der Waals surface area (Å²) in [5, 5.41) is 0. The maximum Gasteiger partial charge on any atom is 1.00 e. The first kappa shape index (κ1) is 90.0. The Morgan fingerprint density at radius 1 is 0.600 bits per heavy atom. The normalized spacial score (nSPS) is 0. The Bertz CT molecular complexity index is 7.61. The molecule has 0 saturated heterocycles. The van der Waals surface area contributed by atoms with E-state index >= 15 is 0 Å². The van der Waals surface area contributed by atoms with Crippen LogP contribution < -0.4 is 37.7 Å². The summed E-state index contributed by atoms with van der Waals surface area (Å²) < 4.78 is 0. The minimum atomic E-state index is 0. The quantitative estimate of drug-likeness (QED) is 0.260. The van der Waals surface area contributed by atoms with Gasteiger partial charge in [0.2, 0.25) is 0 Å². The van der Waals surface area contributed by atoms with Gasteiger partial charge in [-0.2, -0.15) is 0 Å². The van der Waals surface area contributed by atoms with E-state index in [-0.39, 0.29) is 62.2 Å². The van der Waals surface area contributed by atoms with Crippen molar-refractivity contribution in [2.75, 3.05) is 0 Å². The monoisotopic (exact) mass is 82.0 g/mol. The van der Waals surface area contributed by atoms with E-state index in [1.54, 1.807) is 0 Å². The van der Waals surface area contributed by atoms with Gasteiger partial charge >= 0.3 is 37.7 Å². The van der Waals surface area contributed by atoms with Gasteiger partial charge in [0.1, 0.15) is 0 Å². The average molecular weight is 82.0 g/mol. The molecule has 0 radical (unpaired) electrons. The van der Waals surface area contributed by atoms with Crippen molar-refractivity contribution in [2.45, 2.75) is 0 Å². The van der Waals surface area contributed by atoms with Crippen LogP contribution in [-0.2, 0) is 13.5 Å². The van der Waals surface area contributed by atoms with E-state index in [1.807, 2.05) is 0 Å². The summed E-state index contributed by atoms with van der Waals surface area (Å²) in [6.07, 6.45) is 0. The van der Waals surface area contributed by atoms with Crippen molar-refractivity contribution in [1.29, 1.82) is 0 Å². The van der Waals surface area contributed by atoms with Gasteiger partial charge in [0, 0.05) is 0 Å². The summed E-state index contributed by atoms with van der Waals surface area (Å²) in [6, 6.07) is 0. The van der Waals surface area contributed by atoms with Crippen LogP contribution in [0.3, 0.4) is 0 Å². The van der Waals surface area contributed by atoms with E-state index < -0.39 is 0 Å². The van der Waals surface area contributed by atoms with Crippen molar-refractivity contribution in [2.24, 2.45) is 0 Å². The molecule has 0 aromatic heterocycles. The molecule has 0 aromatic carbocycles. The van der Waals surface area contributed by atoms with Gasteiger partial charge in [0.25, 0.3) is 0 Å². The van der Waals surface area contributed by atoms with Crippen molar-refractivity contribution >= 4 is 13.5 Å². The Labute approximate surface area is 62.1 Å². The summed E-state index contributed by atoms with van der Waals surface area (Å²) in [5.41, 5.74) is 0. The largest absolute Gasteiger partial charge is 2.00 e. The maximum atomic E-state index is 0. The van der Waals surface area contributed by atoms with Gasteiger partial charge in [-0.3, -0.25) is 0 Å². The van der Waals surface area contributed by atoms with Crippen LogP contribution in [-0.4, -0.2) is 11.0 Å². The van der Waals surface area contributed by atoms with Crippen molar-refractivity contribution in [3.05, 3.63) is 0 Å². The molecule has 4 N–H and O–H groups in total. The number of hydrogen-bond acceptors (Lipinski definition) is 0. The zero-order chi connectivity index (χ0) is 0. The van der Waals surface area contributed by atoms with Gasteiger partial charge in [-0.25, -0.2) is 0 Å². The van der Waals surface area contributed by atoms with Crippen LogP contribution in [0.1, 0.15) is 0 Å². The molecular formula is H4Li2O2S. The Morgan fingerprint density at radius 3 is 0.600 bits per heavy atom. The van der Waals surface area contributed by atoms with Gasteiger partial charge in [0.15, 0.2) is 0 Å². The fourth-order valence-corrected chi connectivity index (χ4v) is 0. The van der Waals surface area contributed by atoms with E-state index in [2.05, 4.69) is 0 Å². The molecule has 0 fully saturated rings. The standard InChI is InChI=1S/2Li.2H2O.S/h;;2*1H2;/q2*+1;;;-2. The molecule has 0 unspecified atom stereocenters. The van der Waals surface area contributed by atoms with E-state index in [1.165, 1.54) is 0 Å². The molecule has 0 aliphatic rings. The van der Waals surface area contributed by atoms with Gasteiger partial charge in [-0.05, 0) is 0 Å². The fourth-order valence-electron chi connectivity index (χ4n) is 0. The molecule has 0 amide bonds. The second kappa shape index (κ2) is 50.8. The molecule has 0 aromatic rings. The van der Waals surface area contributed by atoms with Crippen LogP contribution in [0.15, 0.2) is 0 Å². The molecule has 24 valence electrons. The van der Waals surface area contributed by atoms with Crippen LogP contribution in [0, 0.1) is 0 Å². The minimum Gasteiger partial charge on any atom is -2.00 e. The van der Waals surface area contributed by atoms with Crippen LogP contribution in [0.2, 0.25) is 0 Å². The zero-order valence-corrected chi connectivity index (χ0v) is 4.22. The molecule has 0 heterocycles. The number of hydrogen-bond donors (Lipinski definition) is 0. The first-order valence-corrected chi connectivity index (χ1v) is 0. The molecule has 2 nitrogen and oxygen atoms in total. The predicted octanol–water partition coefficient (Wildman–Crippen LogP) is -7.64. The summed E-state index contributed by atoms with van der Waals surface area (Å²) in [7, 11) is 0. The van der Waals surface area contributed by atoms with Gasteiger partial charge in [0.05, 0.1) is 0 Å². The van der Waals surface area contributed by atoms with Gasteiger partial charge < -0.3 is 24.4 Å². The topological polar surface area (TPSA) is 63.0 Å². The summed E-state index contributed by atoms with van der Waals surface area (Å²) >= 11 is 0. The summed E-state index contributed by atoms with van der Waals surface area (Å²) in [4.78, 5) is 0.